The minimum Gasteiger partial charge on any atom is -0.445 e. The van der Waals surface area contributed by atoms with Crippen molar-refractivity contribution < 1.29 is 14.3 Å². The van der Waals surface area contributed by atoms with Crippen LogP contribution in [0.5, 0.6) is 0 Å². The van der Waals surface area contributed by atoms with Crippen LogP contribution in [0, 0.1) is 23.2 Å². The molecule has 0 N–H and O–H groups in total. The van der Waals surface area contributed by atoms with Gasteiger partial charge in [0.2, 0.25) is 0 Å². The van der Waals surface area contributed by atoms with Crippen molar-refractivity contribution >= 4 is 11.9 Å². The Morgan fingerprint density at radius 3 is 2.63 bits per heavy atom. The van der Waals surface area contributed by atoms with Gasteiger partial charge < -0.3 is 4.74 Å². The Balaban J connectivity index is 1.31. The number of ketones is 1. The first kappa shape index (κ1) is 17.2. The average molecular weight is 368 g/mol. The molecule has 27 heavy (non-hydrogen) atoms. The zero-order valence-electron chi connectivity index (χ0n) is 16.0. The first-order valence-electron chi connectivity index (χ1n) is 10.4. The van der Waals surface area contributed by atoms with Crippen molar-refractivity contribution in [1.29, 1.82) is 0 Å². The molecule has 2 heterocycles. The Morgan fingerprint density at radius 1 is 1.19 bits per heavy atom. The minimum atomic E-state index is -0.183. The Labute approximate surface area is 160 Å². The third-order valence-electron chi connectivity index (χ3n) is 7.69. The summed E-state index contributed by atoms with van der Waals surface area (Å²) in [5, 5.41) is 0. The van der Waals surface area contributed by atoms with Crippen LogP contribution in [0.25, 0.3) is 0 Å². The fourth-order valence-electron chi connectivity index (χ4n) is 6.65. The number of likely N-dealkylation sites (tertiary alicyclic amines) is 1. The van der Waals surface area contributed by atoms with E-state index in [-0.39, 0.29) is 23.7 Å². The number of rotatable bonds is 3. The van der Waals surface area contributed by atoms with Crippen LogP contribution in [0.1, 0.15) is 63.6 Å². The summed E-state index contributed by atoms with van der Waals surface area (Å²) in [4.78, 5) is 31.7. The van der Waals surface area contributed by atoms with E-state index in [1.54, 1.807) is 13.1 Å². The molecule has 4 bridgehead atoms. The van der Waals surface area contributed by atoms with Gasteiger partial charge in [-0.25, -0.2) is 4.79 Å². The van der Waals surface area contributed by atoms with Crippen molar-refractivity contribution in [2.75, 3.05) is 6.54 Å². The molecule has 1 aromatic heterocycles. The molecule has 5 fully saturated rings. The van der Waals surface area contributed by atoms with Gasteiger partial charge in [-0.1, -0.05) is 6.07 Å². The number of Topliss-reactive ketones (excluding diaryl/α,β-unsaturated/α-hetero) is 1. The van der Waals surface area contributed by atoms with E-state index in [1.807, 2.05) is 23.1 Å². The number of carbonyl (C=O) groups is 2. The third-order valence-corrected chi connectivity index (χ3v) is 7.69. The number of amides is 1. The van der Waals surface area contributed by atoms with Crippen LogP contribution < -0.4 is 0 Å². The predicted octanol–water partition coefficient (Wildman–Crippen LogP) is 4.14. The van der Waals surface area contributed by atoms with Gasteiger partial charge in [-0.15, -0.1) is 0 Å². The van der Waals surface area contributed by atoms with E-state index in [0.717, 1.165) is 57.2 Å². The topological polar surface area (TPSA) is 59.5 Å². The highest BCUT2D eigenvalue weighted by atomic mass is 16.6. The molecule has 1 aliphatic heterocycles. The largest absolute Gasteiger partial charge is 0.445 e. The lowest BCUT2D eigenvalue weighted by Crippen LogP contribution is -2.57. The molecule has 5 aliphatic rings. The quantitative estimate of drug-likeness (QED) is 0.804. The fourth-order valence-corrected chi connectivity index (χ4v) is 6.65. The second-order valence-corrected chi connectivity index (χ2v) is 9.26. The SMILES string of the molecule is CC(=O)[C@]12CC3CC(C1)[C@@H](OC(=O)N1CCCC1c1ccccn1)C(C3)C2. The Bertz CT molecular complexity index is 733. The van der Waals surface area contributed by atoms with E-state index >= 15 is 0 Å². The number of pyridine rings is 1. The van der Waals surface area contributed by atoms with Crippen molar-refractivity contribution in [3.8, 4) is 0 Å². The predicted molar refractivity (Wildman–Crippen MR) is 99.9 cm³/mol. The molecule has 3 atom stereocenters. The first-order valence-corrected chi connectivity index (χ1v) is 10.4. The third kappa shape index (κ3) is 2.77. The van der Waals surface area contributed by atoms with E-state index < -0.39 is 0 Å². The lowest BCUT2D eigenvalue weighted by atomic mass is 9.47. The van der Waals surface area contributed by atoms with Gasteiger partial charge in [0.05, 0.1) is 11.7 Å². The lowest BCUT2D eigenvalue weighted by Gasteiger charge is -2.58. The molecule has 5 heteroatoms. The van der Waals surface area contributed by atoms with Crippen molar-refractivity contribution in [2.45, 2.75) is 64.0 Å². The molecule has 0 radical (unpaired) electrons. The molecule has 4 saturated carbocycles. The molecule has 0 aromatic carbocycles. The van der Waals surface area contributed by atoms with Gasteiger partial charge in [0.25, 0.3) is 0 Å². The highest BCUT2D eigenvalue weighted by Crippen LogP contribution is 2.61. The number of aromatic nitrogens is 1. The number of ether oxygens (including phenoxy) is 1. The van der Waals surface area contributed by atoms with Crippen LogP contribution >= 0.6 is 0 Å². The van der Waals surface area contributed by atoms with Gasteiger partial charge in [0.15, 0.2) is 0 Å². The summed E-state index contributed by atoms with van der Waals surface area (Å²) in [6.07, 6.45) is 8.65. The van der Waals surface area contributed by atoms with Gasteiger partial charge in [-0.05, 0) is 81.8 Å². The molecule has 0 spiro atoms. The van der Waals surface area contributed by atoms with Gasteiger partial charge in [0.1, 0.15) is 11.9 Å². The molecule has 6 rings (SSSR count). The molecule has 1 saturated heterocycles. The summed E-state index contributed by atoms with van der Waals surface area (Å²) < 4.78 is 6.14. The Hall–Kier alpha value is -1.91. The summed E-state index contributed by atoms with van der Waals surface area (Å²) in [6.45, 7) is 2.50. The smallest absolute Gasteiger partial charge is 0.410 e. The highest BCUT2D eigenvalue weighted by Gasteiger charge is 2.58. The first-order chi connectivity index (χ1) is 13.1. The summed E-state index contributed by atoms with van der Waals surface area (Å²) in [5.41, 5.74) is 0.830. The highest BCUT2D eigenvalue weighted by molar-refractivity contribution is 5.83. The zero-order valence-corrected chi connectivity index (χ0v) is 16.0. The molecular weight excluding hydrogens is 340 g/mol. The maximum atomic E-state index is 13.0. The minimum absolute atomic E-state index is 0.00786. The van der Waals surface area contributed by atoms with Gasteiger partial charge in [-0.2, -0.15) is 0 Å². The molecule has 4 aliphatic carbocycles. The molecule has 5 nitrogen and oxygen atoms in total. The van der Waals surface area contributed by atoms with Gasteiger partial charge in [-0.3, -0.25) is 14.7 Å². The fraction of sp³-hybridized carbons (Fsp3) is 0.682. The van der Waals surface area contributed by atoms with Crippen LogP contribution in [-0.2, 0) is 9.53 Å². The van der Waals surface area contributed by atoms with E-state index in [4.69, 9.17) is 4.74 Å². The molecular formula is C22H28N2O3. The van der Waals surface area contributed by atoms with Crippen molar-refractivity contribution in [3.63, 3.8) is 0 Å². The summed E-state index contributed by atoms with van der Waals surface area (Å²) in [5.74, 6) is 1.72. The Kier molecular flexibility index (Phi) is 4.03. The number of carbonyl (C=O) groups excluding carboxylic acids is 2. The maximum Gasteiger partial charge on any atom is 0.410 e. The second kappa shape index (κ2) is 6.32. The van der Waals surface area contributed by atoms with E-state index in [0.29, 0.717) is 23.5 Å². The average Bonchev–Trinajstić information content (AvgIpc) is 3.14. The number of nitrogens with zero attached hydrogens (tertiary/aromatic N) is 2. The number of hydrogen-bond donors (Lipinski definition) is 0. The van der Waals surface area contributed by atoms with Crippen molar-refractivity contribution in [1.82, 2.24) is 9.88 Å². The monoisotopic (exact) mass is 368 g/mol. The van der Waals surface area contributed by atoms with Crippen LogP contribution in [0.15, 0.2) is 24.4 Å². The second-order valence-electron chi connectivity index (χ2n) is 9.26. The molecule has 1 amide bonds. The van der Waals surface area contributed by atoms with E-state index in [9.17, 15) is 9.59 Å². The van der Waals surface area contributed by atoms with Crippen molar-refractivity contribution in [3.05, 3.63) is 30.1 Å². The van der Waals surface area contributed by atoms with Crippen LogP contribution in [0.4, 0.5) is 4.79 Å². The Morgan fingerprint density at radius 2 is 1.96 bits per heavy atom. The normalized spacial score (nSPS) is 39.6. The van der Waals surface area contributed by atoms with Crippen molar-refractivity contribution in [2.24, 2.45) is 23.2 Å². The van der Waals surface area contributed by atoms with E-state index in [2.05, 4.69) is 4.98 Å². The molecule has 3 unspecified atom stereocenters. The van der Waals surface area contributed by atoms with Crippen LogP contribution in [0.2, 0.25) is 0 Å². The standard InChI is InChI=1S/C22H28N2O3/c1-14(25)22-11-15-9-16(12-22)20(17(10-15)13-22)27-21(26)24-8-4-6-19(24)18-5-2-3-7-23-18/h2-3,5,7,15-17,19-20H,4,6,8-13H2,1H3/t15?,16?,17?,19?,20-,22-. The van der Waals surface area contributed by atoms with Crippen LogP contribution in [0.3, 0.4) is 0 Å². The van der Waals surface area contributed by atoms with Gasteiger partial charge in [0, 0.05) is 18.2 Å². The zero-order chi connectivity index (χ0) is 18.6. The van der Waals surface area contributed by atoms with Crippen LogP contribution in [-0.4, -0.2) is 34.4 Å². The van der Waals surface area contributed by atoms with Gasteiger partial charge >= 0.3 is 6.09 Å². The summed E-state index contributed by atoms with van der Waals surface area (Å²) in [7, 11) is 0. The molecule has 144 valence electrons. The van der Waals surface area contributed by atoms with E-state index in [1.165, 1.54) is 0 Å². The summed E-state index contributed by atoms with van der Waals surface area (Å²) in [6, 6.07) is 5.90. The lowest BCUT2D eigenvalue weighted by molar-refractivity contribution is -0.161. The summed E-state index contributed by atoms with van der Waals surface area (Å²) >= 11 is 0. The maximum absolute atomic E-state index is 13.0. The molecule has 1 aromatic rings. The number of hydrogen-bond acceptors (Lipinski definition) is 4.